The lowest BCUT2D eigenvalue weighted by Crippen LogP contribution is -2.42. The number of carbonyl (C=O) groups excluding carboxylic acids is 1. The fourth-order valence-corrected chi connectivity index (χ4v) is 6.32. The minimum absolute atomic E-state index is 0.0241. The molecule has 148 valence electrons. The molecule has 3 heterocycles. The van der Waals surface area contributed by atoms with E-state index in [1.54, 1.807) is 17.4 Å². The van der Waals surface area contributed by atoms with Gasteiger partial charge in [0.2, 0.25) is 15.9 Å². The van der Waals surface area contributed by atoms with E-state index in [1.165, 1.54) is 16.4 Å². The van der Waals surface area contributed by atoms with E-state index in [4.69, 9.17) is 0 Å². The molecule has 28 heavy (non-hydrogen) atoms. The van der Waals surface area contributed by atoms with Crippen LogP contribution in [0.5, 0.6) is 0 Å². The normalized spacial score (nSPS) is 16.4. The molecule has 0 saturated carbocycles. The van der Waals surface area contributed by atoms with Crippen LogP contribution in [-0.2, 0) is 21.4 Å². The average Bonchev–Trinajstić information content (AvgIpc) is 3.34. The summed E-state index contributed by atoms with van der Waals surface area (Å²) in [7, 11) is -3.65. The number of aromatic amines is 1. The molecule has 1 aliphatic heterocycles. The number of hydrogen-bond donors (Lipinski definition) is 2. The van der Waals surface area contributed by atoms with Gasteiger partial charge >= 0.3 is 4.87 Å². The average molecular weight is 438 g/mol. The molecule has 0 aliphatic carbocycles. The zero-order chi connectivity index (χ0) is 19.7. The minimum atomic E-state index is -3.65. The maximum atomic E-state index is 12.9. The molecule has 2 aromatic heterocycles. The Kier molecular flexibility index (Phi) is 5.37. The van der Waals surface area contributed by atoms with E-state index in [2.05, 4.69) is 10.3 Å². The minimum Gasteiger partial charge on any atom is -0.351 e. The summed E-state index contributed by atoms with van der Waals surface area (Å²) in [5, 5.41) is 4.90. The van der Waals surface area contributed by atoms with Crippen LogP contribution in [0.15, 0.2) is 45.4 Å². The number of hydrogen-bond acceptors (Lipinski definition) is 6. The summed E-state index contributed by atoms with van der Waals surface area (Å²) in [6.07, 6.45) is 0.991. The standard InChI is InChI=1S/C18H19N3O4S3/c22-17(19-11-13-2-1-9-26-13)12-5-7-21(8-6-12)28(24,25)14-3-4-15-16(10-14)27-18(23)20-15/h1-4,9-10,12H,5-8,11H2,(H,19,22)(H,20,23). The number of fused-ring (bicyclic) bond motifs is 1. The molecule has 0 radical (unpaired) electrons. The second-order valence-electron chi connectivity index (χ2n) is 6.65. The number of rotatable bonds is 5. The van der Waals surface area contributed by atoms with Gasteiger partial charge in [0.1, 0.15) is 0 Å². The van der Waals surface area contributed by atoms with Crippen molar-refractivity contribution in [1.82, 2.24) is 14.6 Å². The van der Waals surface area contributed by atoms with Crippen LogP contribution in [0.3, 0.4) is 0 Å². The third-order valence-electron chi connectivity index (χ3n) is 4.87. The number of piperidine rings is 1. The van der Waals surface area contributed by atoms with Crippen molar-refractivity contribution in [3.05, 3.63) is 50.3 Å². The van der Waals surface area contributed by atoms with Crippen LogP contribution in [0.25, 0.3) is 10.2 Å². The highest BCUT2D eigenvalue weighted by atomic mass is 32.2. The number of benzene rings is 1. The van der Waals surface area contributed by atoms with Crippen LogP contribution in [0, 0.1) is 5.92 Å². The molecule has 10 heteroatoms. The van der Waals surface area contributed by atoms with Crippen molar-refractivity contribution in [2.75, 3.05) is 13.1 Å². The summed E-state index contributed by atoms with van der Waals surface area (Å²) in [5.41, 5.74) is 0.634. The van der Waals surface area contributed by atoms with Gasteiger partial charge < -0.3 is 10.3 Å². The molecule has 1 aromatic carbocycles. The second-order valence-corrected chi connectivity index (χ2v) is 10.6. The van der Waals surface area contributed by atoms with Gasteiger partial charge in [-0.05, 0) is 42.5 Å². The Morgan fingerprint density at radius 2 is 2.04 bits per heavy atom. The van der Waals surface area contributed by atoms with Crippen LogP contribution < -0.4 is 10.2 Å². The number of thiophene rings is 1. The monoisotopic (exact) mass is 437 g/mol. The summed E-state index contributed by atoms with van der Waals surface area (Å²) < 4.78 is 27.9. The van der Waals surface area contributed by atoms with Gasteiger partial charge in [0.05, 0.1) is 21.7 Å². The molecule has 4 rings (SSSR count). The number of aromatic nitrogens is 1. The van der Waals surface area contributed by atoms with Crippen molar-refractivity contribution in [2.24, 2.45) is 5.92 Å². The van der Waals surface area contributed by atoms with Gasteiger partial charge in [0, 0.05) is 23.9 Å². The van der Waals surface area contributed by atoms with Crippen LogP contribution in [0.1, 0.15) is 17.7 Å². The Bertz CT molecular complexity index is 1140. The van der Waals surface area contributed by atoms with E-state index < -0.39 is 10.0 Å². The van der Waals surface area contributed by atoms with E-state index in [0.29, 0.717) is 42.7 Å². The fourth-order valence-electron chi connectivity index (χ4n) is 3.33. The Balaban J connectivity index is 1.40. The summed E-state index contributed by atoms with van der Waals surface area (Å²) in [4.78, 5) is 27.5. The number of thiazole rings is 1. The highest BCUT2D eigenvalue weighted by Crippen LogP contribution is 2.26. The van der Waals surface area contributed by atoms with Gasteiger partial charge in [-0.1, -0.05) is 17.4 Å². The molecular formula is C18H19N3O4S3. The molecule has 1 saturated heterocycles. The third-order valence-corrected chi connectivity index (χ3v) is 8.49. The van der Waals surface area contributed by atoms with Crippen LogP contribution >= 0.6 is 22.7 Å². The smallest absolute Gasteiger partial charge is 0.305 e. The van der Waals surface area contributed by atoms with E-state index in [9.17, 15) is 18.0 Å². The predicted octanol–water partition coefficient (Wildman–Crippen LogP) is 2.37. The Hall–Kier alpha value is -2.01. The van der Waals surface area contributed by atoms with Crippen molar-refractivity contribution < 1.29 is 13.2 Å². The van der Waals surface area contributed by atoms with Crippen LogP contribution in [0.2, 0.25) is 0 Å². The molecule has 1 aliphatic rings. The number of nitrogens with zero attached hydrogens (tertiary/aromatic N) is 1. The fraction of sp³-hybridized carbons (Fsp3) is 0.333. The molecule has 0 atom stereocenters. The maximum Gasteiger partial charge on any atom is 0.305 e. The first kappa shape index (κ1) is 19.3. The van der Waals surface area contributed by atoms with Gasteiger partial charge in [0.15, 0.2) is 0 Å². The molecule has 1 amide bonds. The molecule has 7 nitrogen and oxygen atoms in total. The van der Waals surface area contributed by atoms with Crippen LogP contribution in [0.4, 0.5) is 0 Å². The summed E-state index contributed by atoms with van der Waals surface area (Å²) in [5.74, 6) is -0.201. The first-order valence-corrected chi connectivity index (χ1v) is 12.0. The van der Waals surface area contributed by atoms with Crippen LogP contribution in [-0.4, -0.2) is 36.7 Å². The van der Waals surface area contributed by atoms with Crippen molar-refractivity contribution in [2.45, 2.75) is 24.3 Å². The first-order chi connectivity index (χ1) is 13.4. The molecule has 0 unspecified atom stereocenters. The van der Waals surface area contributed by atoms with E-state index in [0.717, 1.165) is 16.2 Å². The largest absolute Gasteiger partial charge is 0.351 e. The molecule has 0 spiro atoms. The maximum absolute atomic E-state index is 12.9. The zero-order valence-corrected chi connectivity index (χ0v) is 17.3. The third kappa shape index (κ3) is 3.90. The molecule has 1 fully saturated rings. The summed E-state index contributed by atoms with van der Waals surface area (Å²) in [6.45, 7) is 1.12. The van der Waals surface area contributed by atoms with Gasteiger partial charge in [0.25, 0.3) is 0 Å². The van der Waals surface area contributed by atoms with Crippen molar-refractivity contribution in [3.63, 3.8) is 0 Å². The number of H-pyrrole nitrogens is 1. The molecule has 3 aromatic rings. The van der Waals surface area contributed by atoms with Crippen molar-refractivity contribution in [3.8, 4) is 0 Å². The number of sulfonamides is 1. The van der Waals surface area contributed by atoms with E-state index in [1.807, 2.05) is 17.5 Å². The Labute approximate surface area is 170 Å². The highest BCUT2D eigenvalue weighted by Gasteiger charge is 2.32. The second kappa shape index (κ2) is 7.78. The van der Waals surface area contributed by atoms with Gasteiger partial charge in [-0.2, -0.15) is 4.31 Å². The van der Waals surface area contributed by atoms with Gasteiger partial charge in [-0.3, -0.25) is 9.59 Å². The van der Waals surface area contributed by atoms with Gasteiger partial charge in [-0.25, -0.2) is 8.42 Å². The molecule has 2 N–H and O–H groups in total. The highest BCUT2D eigenvalue weighted by molar-refractivity contribution is 7.89. The van der Waals surface area contributed by atoms with Crippen molar-refractivity contribution in [1.29, 1.82) is 0 Å². The quantitative estimate of drug-likeness (QED) is 0.640. The zero-order valence-electron chi connectivity index (χ0n) is 14.9. The van der Waals surface area contributed by atoms with E-state index >= 15 is 0 Å². The lowest BCUT2D eigenvalue weighted by atomic mass is 9.97. The first-order valence-electron chi connectivity index (χ1n) is 8.86. The topological polar surface area (TPSA) is 99.3 Å². The number of amides is 1. The van der Waals surface area contributed by atoms with Crippen molar-refractivity contribution >= 4 is 48.8 Å². The Morgan fingerprint density at radius 1 is 1.25 bits per heavy atom. The lowest BCUT2D eigenvalue weighted by molar-refractivity contribution is -0.126. The predicted molar refractivity (Wildman–Crippen MR) is 110 cm³/mol. The number of carbonyl (C=O) groups is 1. The summed E-state index contributed by atoms with van der Waals surface area (Å²) in [6, 6.07) is 8.58. The summed E-state index contributed by atoms with van der Waals surface area (Å²) >= 11 is 2.58. The molecule has 0 bridgehead atoms. The van der Waals surface area contributed by atoms with E-state index in [-0.39, 0.29) is 21.6 Å². The van der Waals surface area contributed by atoms with Gasteiger partial charge in [-0.15, -0.1) is 11.3 Å². The molecular weight excluding hydrogens is 418 g/mol. The lowest BCUT2D eigenvalue weighted by Gasteiger charge is -2.30. The SMILES string of the molecule is O=C(NCc1cccs1)C1CCN(S(=O)(=O)c2ccc3[nH]c(=O)sc3c2)CC1. The number of nitrogens with one attached hydrogen (secondary N) is 2. The Morgan fingerprint density at radius 3 is 2.75 bits per heavy atom.